The Morgan fingerprint density at radius 3 is 2.28 bits per heavy atom. The monoisotopic (exact) mass is 259 g/mol. The van der Waals surface area contributed by atoms with E-state index >= 15 is 0 Å². The molecule has 0 spiro atoms. The Hall–Kier alpha value is -1.55. The summed E-state index contributed by atoms with van der Waals surface area (Å²) in [7, 11) is 0. The van der Waals surface area contributed by atoms with Gasteiger partial charge in [-0.15, -0.1) is 11.8 Å². The molecule has 94 valence electrons. The smallest absolute Gasteiger partial charge is 0.227 e. The van der Waals surface area contributed by atoms with Gasteiger partial charge in [0.2, 0.25) is 5.95 Å². The normalized spacial score (nSPS) is 10.4. The molecule has 2 aromatic rings. The molecular weight excluding hydrogens is 242 g/mol. The molecule has 3 nitrogen and oxygen atoms in total. The van der Waals surface area contributed by atoms with E-state index in [-0.39, 0.29) is 0 Å². The summed E-state index contributed by atoms with van der Waals surface area (Å²) in [4.78, 5) is 10.00. The molecule has 0 unspecified atom stereocenters. The van der Waals surface area contributed by atoms with Crippen LogP contribution < -0.4 is 5.32 Å². The van der Waals surface area contributed by atoms with E-state index in [1.54, 1.807) is 11.8 Å². The average molecular weight is 259 g/mol. The van der Waals surface area contributed by atoms with Crippen LogP contribution in [0.1, 0.15) is 17.0 Å². The highest BCUT2D eigenvalue weighted by molar-refractivity contribution is 7.98. The number of nitrogens with one attached hydrogen (secondary N) is 1. The van der Waals surface area contributed by atoms with Gasteiger partial charge in [0.15, 0.2) is 0 Å². The number of aromatic nitrogens is 2. The van der Waals surface area contributed by atoms with E-state index in [1.807, 2.05) is 19.9 Å². The minimum atomic E-state index is 0.659. The van der Waals surface area contributed by atoms with Gasteiger partial charge in [0.25, 0.3) is 0 Å². The summed E-state index contributed by atoms with van der Waals surface area (Å²) in [6.45, 7) is 6.05. The summed E-state index contributed by atoms with van der Waals surface area (Å²) >= 11 is 1.72. The predicted molar refractivity (Wildman–Crippen MR) is 77.7 cm³/mol. The molecule has 0 aliphatic rings. The second kappa shape index (κ2) is 5.40. The van der Waals surface area contributed by atoms with Crippen molar-refractivity contribution in [2.45, 2.75) is 25.7 Å². The maximum Gasteiger partial charge on any atom is 0.227 e. The summed E-state index contributed by atoms with van der Waals surface area (Å²) in [5, 5.41) is 3.29. The van der Waals surface area contributed by atoms with Crippen molar-refractivity contribution in [2.24, 2.45) is 0 Å². The summed E-state index contributed by atoms with van der Waals surface area (Å²) < 4.78 is 0. The zero-order valence-electron chi connectivity index (χ0n) is 11.1. The Morgan fingerprint density at radius 2 is 1.67 bits per heavy atom. The summed E-state index contributed by atoms with van der Waals surface area (Å²) in [6.07, 6.45) is 2.07. The van der Waals surface area contributed by atoms with Crippen LogP contribution in [0.15, 0.2) is 29.2 Å². The van der Waals surface area contributed by atoms with Crippen molar-refractivity contribution in [3.05, 3.63) is 41.2 Å². The van der Waals surface area contributed by atoms with Crippen LogP contribution >= 0.6 is 11.8 Å². The Labute approximate surface area is 112 Å². The van der Waals surface area contributed by atoms with Gasteiger partial charge >= 0.3 is 0 Å². The molecule has 1 N–H and O–H groups in total. The average Bonchev–Trinajstić information content (AvgIpc) is 2.30. The van der Waals surface area contributed by atoms with Crippen molar-refractivity contribution in [3.63, 3.8) is 0 Å². The molecule has 1 aromatic heterocycles. The fraction of sp³-hybridized carbons (Fsp3) is 0.286. The zero-order valence-corrected chi connectivity index (χ0v) is 11.9. The van der Waals surface area contributed by atoms with Crippen molar-refractivity contribution in [3.8, 4) is 0 Å². The van der Waals surface area contributed by atoms with Gasteiger partial charge in [-0.1, -0.05) is 6.07 Å². The van der Waals surface area contributed by atoms with Crippen LogP contribution in [0.5, 0.6) is 0 Å². The van der Waals surface area contributed by atoms with Gasteiger partial charge in [-0.2, -0.15) is 0 Å². The number of rotatable bonds is 3. The molecule has 0 aliphatic carbocycles. The lowest BCUT2D eigenvalue weighted by Crippen LogP contribution is -2.01. The van der Waals surface area contributed by atoms with E-state index in [4.69, 9.17) is 0 Å². The summed E-state index contributed by atoms with van der Waals surface area (Å²) in [5.74, 6) is 0.659. The molecule has 1 aromatic carbocycles. The van der Waals surface area contributed by atoms with Gasteiger partial charge in [-0.3, -0.25) is 0 Å². The molecule has 0 bridgehead atoms. The lowest BCUT2D eigenvalue weighted by molar-refractivity contribution is 1.06. The maximum absolute atomic E-state index is 4.40. The number of thioether (sulfide) groups is 1. The van der Waals surface area contributed by atoms with Crippen molar-refractivity contribution in [1.29, 1.82) is 0 Å². The first-order valence-corrected chi connectivity index (χ1v) is 7.05. The van der Waals surface area contributed by atoms with Crippen molar-refractivity contribution < 1.29 is 0 Å². The van der Waals surface area contributed by atoms with Gasteiger partial charge in [-0.05, 0) is 50.8 Å². The molecule has 0 aliphatic heterocycles. The third kappa shape index (κ3) is 3.01. The van der Waals surface area contributed by atoms with E-state index in [2.05, 4.69) is 46.7 Å². The first-order valence-electron chi connectivity index (χ1n) is 5.82. The van der Waals surface area contributed by atoms with Crippen LogP contribution in [-0.4, -0.2) is 16.2 Å². The van der Waals surface area contributed by atoms with Gasteiger partial charge in [0.1, 0.15) is 0 Å². The second-order valence-corrected chi connectivity index (χ2v) is 5.15. The van der Waals surface area contributed by atoms with Gasteiger partial charge in [0, 0.05) is 16.3 Å². The minimum absolute atomic E-state index is 0.659. The van der Waals surface area contributed by atoms with E-state index in [1.165, 1.54) is 10.5 Å². The molecule has 18 heavy (non-hydrogen) atoms. The largest absolute Gasteiger partial charge is 0.323 e. The highest BCUT2D eigenvalue weighted by Crippen LogP contribution is 2.28. The van der Waals surface area contributed by atoms with Gasteiger partial charge < -0.3 is 5.32 Å². The molecule has 4 heteroatoms. The molecular formula is C14H17N3S. The Balaban J connectivity index is 2.33. The lowest BCUT2D eigenvalue weighted by Gasteiger charge is -2.11. The third-order valence-electron chi connectivity index (χ3n) is 2.59. The number of aryl methyl sites for hydroxylation is 3. The van der Waals surface area contributed by atoms with Crippen LogP contribution in [0.25, 0.3) is 0 Å². The fourth-order valence-electron chi connectivity index (χ4n) is 1.80. The minimum Gasteiger partial charge on any atom is -0.323 e. The predicted octanol–water partition coefficient (Wildman–Crippen LogP) is 3.87. The number of benzene rings is 1. The van der Waals surface area contributed by atoms with E-state index in [9.17, 15) is 0 Å². The molecule has 0 saturated carbocycles. The molecule has 0 atom stereocenters. The van der Waals surface area contributed by atoms with Crippen LogP contribution in [0.4, 0.5) is 11.6 Å². The fourth-order valence-corrected chi connectivity index (χ4v) is 2.45. The highest BCUT2D eigenvalue weighted by Gasteiger charge is 2.05. The second-order valence-electron chi connectivity index (χ2n) is 4.30. The van der Waals surface area contributed by atoms with E-state index in [0.717, 1.165) is 17.1 Å². The standard InChI is InChI=1S/C14H17N3S/c1-9-5-6-12(13(7-9)18-4)17-14-15-10(2)8-11(3)16-14/h5-8H,1-4H3,(H,15,16,17). The van der Waals surface area contributed by atoms with Crippen molar-refractivity contribution in [1.82, 2.24) is 9.97 Å². The van der Waals surface area contributed by atoms with Gasteiger partial charge in [-0.25, -0.2) is 9.97 Å². The van der Waals surface area contributed by atoms with Crippen molar-refractivity contribution in [2.75, 3.05) is 11.6 Å². The Bertz CT molecular complexity index is 547. The van der Waals surface area contributed by atoms with E-state index < -0.39 is 0 Å². The summed E-state index contributed by atoms with van der Waals surface area (Å²) in [6, 6.07) is 8.29. The Kier molecular flexibility index (Phi) is 3.87. The Morgan fingerprint density at radius 1 is 1.00 bits per heavy atom. The van der Waals surface area contributed by atoms with Crippen LogP contribution in [-0.2, 0) is 0 Å². The number of hydrogen-bond donors (Lipinski definition) is 1. The number of nitrogens with zero attached hydrogens (tertiary/aromatic N) is 2. The molecule has 2 rings (SSSR count). The number of anilines is 2. The molecule has 0 radical (unpaired) electrons. The third-order valence-corrected chi connectivity index (χ3v) is 3.36. The first kappa shape index (κ1) is 12.9. The molecule has 0 saturated heterocycles. The number of hydrogen-bond acceptors (Lipinski definition) is 4. The highest BCUT2D eigenvalue weighted by atomic mass is 32.2. The maximum atomic E-state index is 4.40. The zero-order chi connectivity index (χ0) is 13.1. The van der Waals surface area contributed by atoms with Crippen LogP contribution in [0.3, 0.4) is 0 Å². The SMILES string of the molecule is CSc1cc(C)ccc1Nc1nc(C)cc(C)n1. The van der Waals surface area contributed by atoms with Crippen LogP contribution in [0, 0.1) is 20.8 Å². The van der Waals surface area contributed by atoms with Gasteiger partial charge in [0.05, 0.1) is 5.69 Å². The lowest BCUT2D eigenvalue weighted by atomic mass is 10.2. The molecule has 0 fully saturated rings. The summed E-state index contributed by atoms with van der Waals surface area (Å²) in [5.41, 5.74) is 4.26. The topological polar surface area (TPSA) is 37.8 Å². The van der Waals surface area contributed by atoms with E-state index in [0.29, 0.717) is 5.95 Å². The van der Waals surface area contributed by atoms with Crippen molar-refractivity contribution >= 4 is 23.4 Å². The van der Waals surface area contributed by atoms with Crippen LogP contribution in [0.2, 0.25) is 0 Å². The first-order chi connectivity index (χ1) is 8.58. The quantitative estimate of drug-likeness (QED) is 0.849. The molecule has 0 amide bonds. The molecule has 1 heterocycles.